The zero-order valence-electron chi connectivity index (χ0n) is 12.3. The third-order valence-corrected chi connectivity index (χ3v) is 3.10. The number of carbonyl (C=O) groups is 2. The first-order chi connectivity index (χ1) is 9.38. The van der Waals surface area contributed by atoms with Crippen molar-refractivity contribution in [1.29, 1.82) is 0 Å². The second-order valence-electron chi connectivity index (χ2n) is 5.67. The predicted molar refractivity (Wildman–Crippen MR) is 78.7 cm³/mol. The van der Waals surface area contributed by atoms with E-state index in [1.165, 1.54) is 0 Å². The lowest BCUT2D eigenvalue weighted by Gasteiger charge is -2.17. The van der Waals surface area contributed by atoms with Crippen LogP contribution in [0.1, 0.15) is 42.6 Å². The molecule has 0 saturated carbocycles. The molecule has 0 fully saturated rings. The van der Waals surface area contributed by atoms with Gasteiger partial charge in [0.2, 0.25) is 0 Å². The second kappa shape index (κ2) is 7.68. The summed E-state index contributed by atoms with van der Waals surface area (Å²) in [7, 11) is 0. The number of aryl methyl sites for hydroxylation is 1. The average molecular weight is 277 g/mol. The number of rotatable bonds is 7. The van der Waals surface area contributed by atoms with Gasteiger partial charge in [-0.05, 0) is 37.3 Å². The molecule has 0 aliphatic rings. The van der Waals surface area contributed by atoms with Gasteiger partial charge in [0.1, 0.15) is 0 Å². The Bertz CT molecular complexity index is 469. The molecule has 20 heavy (non-hydrogen) atoms. The van der Waals surface area contributed by atoms with Gasteiger partial charge < -0.3 is 10.4 Å². The molecule has 0 bridgehead atoms. The smallest absolute Gasteiger partial charge is 0.303 e. The summed E-state index contributed by atoms with van der Waals surface area (Å²) >= 11 is 0. The average Bonchev–Trinajstić information content (AvgIpc) is 2.34. The third kappa shape index (κ3) is 5.87. The molecule has 1 rings (SSSR count). The van der Waals surface area contributed by atoms with E-state index in [1.54, 1.807) is 6.07 Å². The molecule has 4 heteroatoms. The minimum Gasteiger partial charge on any atom is -0.481 e. The highest BCUT2D eigenvalue weighted by atomic mass is 16.4. The monoisotopic (exact) mass is 277 g/mol. The molecule has 2 N–H and O–H groups in total. The first kappa shape index (κ1) is 16.2. The molecule has 4 nitrogen and oxygen atoms in total. The van der Waals surface area contributed by atoms with Crippen molar-refractivity contribution in [3.05, 3.63) is 35.4 Å². The van der Waals surface area contributed by atoms with E-state index < -0.39 is 5.97 Å². The molecule has 1 aromatic rings. The van der Waals surface area contributed by atoms with Crippen LogP contribution in [-0.2, 0) is 4.79 Å². The number of hydrogen-bond acceptors (Lipinski definition) is 2. The summed E-state index contributed by atoms with van der Waals surface area (Å²) in [5.41, 5.74) is 1.64. The minimum atomic E-state index is -0.819. The molecule has 0 heterocycles. The minimum absolute atomic E-state index is 0.0266. The summed E-state index contributed by atoms with van der Waals surface area (Å²) in [5, 5.41) is 11.7. The highest BCUT2D eigenvalue weighted by Gasteiger charge is 2.16. The first-order valence-electron chi connectivity index (χ1n) is 6.95. The normalized spacial score (nSPS) is 12.2. The number of aliphatic carboxylic acids is 1. The number of carbonyl (C=O) groups excluding carboxylic acids is 1. The molecule has 1 unspecified atom stereocenters. The topological polar surface area (TPSA) is 66.4 Å². The summed E-state index contributed by atoms with van der Waals surface area (Å²) in [4.78, 5) is 22.9. The van der Waals surface area contributed by atoms with Gasteiger partial charge in [0.15, 0.2) is 0 Å². The van der Waals surface area contributed by atoms with E-state index in [9.17, 15) is 9.59 Å². The fourth-order valence-corrected chi connectivity index (χ4v) is 2.28. The van der Waals surface area contributed by atoms with Gasteiger partial charge in [0, 0.05) is 18.5 Å². The number of nitrogens with one attached hydrogen (secondary N) is 1. The molecular weight excluding hydrogens is 254 g/mol. The van der Waals surface area contributed by atoms with Gasteiger partial charge in [0.25, 0.3) is 5.91 Å². The second-order valence-corrected chi connectivity index (χ2v) is 5.67. The Morgan fingerprint density at radius 1 is 1.30 bits per heavy atom. The van der Waals surface area contributed by atoms with E-state index in [-0.39, 0.29) is 18.2 Å². The Balaban J connectivity index is 2.57. The molecule has 1 amide bonds. The molecule has 0 aliphatic heterocycles. The van der Waals surface area contributed by atoms with Crippen LogP contribution < -0.4 is 5.32 Å². The van der Waals surface area contributed by atoms with Gasteiger partial charge in [-0.1, -0.05) is 31.5 Å². The lowest BCUT2D eigenvalue weighted by Crippen LogP contribution is -2.31. The zero-order valence-corrected chi connectivity index (χ0v) is 12.3. The molecule has 0 aromatic heterocycles. The standard InChI is InChI=1S/C16H23NO3/c1-11(2)7-13(9-15(18)19)10-17-16(20)14-6-4-5-12(3)8-14/h4-6,8,11,13H,7,9-10H2,1-3H3,(H,17,20)(H,18,19). The fourth-order valence-electron chi connectivity index (χ4n) is 2.28. The van der Waals surface area contributed by atoms with Gasteiger partial charge in [-0.15, -0.1) is 0 Å². The molecule has 0 spiro atoms. The maximum atomic E-state index is 12.0. The number of carboxylic acid groups (broad SMARTS) is 1. The highest BCUT2D eigenvalue weighted by Crippen LogP contribution is 2.15. The number of hydrogen-bond donors (Lipinski definition) is 2. The summed E-state index contributed by atoms with van der Waals surface area (Å²) in [5.74, 6) is -0.579. The summed E-state index contributed by atoms with van der Waals surface area (Å²) in [6.07, 6.45) is 0.882. The van der Waals surface area contributed by atoms with Crippen LogP contribution in [0.15, 0.2) is 24.3 Å². The van der Waals surface area contributed by atoms with Crippen LogP contribution in [-0.4, -0.2) is 23.5 Å². The Kier molecular flexibility index (Phi) is 6.22. The van der Waals surface area contributed by atoms with Crippen molar-refractivity contribution in [3.8, 4) is 0 Å². The molecule has 0 aliphatic carbocycles. The van der Waals surface area contributed by atoms with Gasteiger partial charge in [-0.3, -0.25) is 9.59 Å². The SMILES string of the molecule is Cc1cccc(C(=O)NCC(CC(=O)O)CC(C)C)c1. The van der Waals surface area contributed by atoms with Crippen molar-refractivity contribution in [2.24, 2.45) is 11.8 Å². The van der Waals surface area contributed by atoms with Crippen molar-refractivity contribution < 1.29 is 14.7 Å². The van der Waals surface area contributed by atoms with Crippen LogP contribution in [0.5, 0.6) is 0 Å². The Morgan fingerprint density at radius 3 is 2.55 bits per heavy atom. The molecule has 0 saturated heterocycles. The maximum absolute atomic E-state index is 12.0. The summed E-state index contributed by atoms with van der Waals surface area (Å²) in [6, 6.07) is 7.36. The van der Waals surface area contributed by atoms with Crippen LogP contribution >= 0.6 is 0 Å². The van der Waals surface area contributed by atoms with Crippen molar-refractivity contribution in [2.45, 2.75) is 33.6 Å². The van der Waals surface area contributed by atoms with Crippen molar-refractivity contribution in [1.82, 2.24) is 5.32 Å². The van der Waals surface area contributed by atoms with Gasteiger partial charge in [-0.2, -0.15) is 0 Å². The van der Waals surface area contributed by atoms with Gasteiger partial charge >= 0.3 is 5.97 Å². The summed E-state index contributed by atoms with van der Waals surface area (Å²) < 4.78 is 0. The van der Waals surface area contributed by atoms with Crippen molar-refractivity contribution >= 4 is 11.9 Å². The van der Waals surface area contributed by atoms with E-state index in [2.05, 4.69) is 19.2 Å². The van der Waals surface area contributed by atoms with Crippen LogP contribution in [0.25, 0.3) is 0 Å². The predicted octanol–water partition coefficient (Wildman–Crippen LogP) is 2.86. The Morgan fingerprint density at radius 2 is 2.00 bits per heavy atom. The molecule has 0 radical (unpaired) electrons. The lowest BCUT2D eigenvalue weighted by molar-refractivity contribution is -0.138. The van der Waals surface area contributed by atoms with Gasteiger partial charge in [-0.25, -0.2) is 0 Å². The largest absolute Gasteiger partial charge is 0.481 e. The van der Waals surface area contributed by atoms with Crippen LogP contribution in [0, 0.1) is 18.8 Å². The lowest BCUT2D eigenvalue weighted by atomic mass is 9.94. The Labute approximate surface area is 120 Å². The molecular formula is C16H23NO3. The highest BCUT2D eigenvalue weighted by molar-refractivity contribution is 5.94. The quantitative estimate of drug-likeness (QED) is 0.805. The maximum Gasteiger partial charge on any atom is 0.303 e. The number of benzene rings is 1. The third-order valence-electron chi connectivity index (χ3n) is 3.10. The number of carboxylic acids is 1. The summed E-state index contributed by atoms with van der Waals surface area (Å²) in [6.45, 7) is 6.44. The van der Waals surface area contributed by atoms with Crippen LogP contribution in [0.3, 0.4) is 0 Å². The van der Waals surface area contributed by atoms with E-state index >= 15 is 0 Å². The first-order valence-corrected chi connectivity index (χ1v) is 6.95. The fraction of sp³-hybridized carbons (Fsp3) is 0.500. The molecule has 1 aromatic carbocycles. The van der Waals surface area contributed by atoms with Crippen molar-refractivity contribution in [3.63, 3.8) is 0 Å². The van der Waals surface area contributed by atoms with E-state index in [0.29, 0.717) is 18.0 Å². The van der Waals surface area contributed by atoms with Crippen molar-refractivity contribution in [2.75, 3.05) is 6.54 Å². The zero-order chi connectivity index (χ0) is 15.1. The molecule has 110 valence electrons. The van der Waals surface area contributed by atoms with Gasteiger partial charge in [0.05, 0.1) is 0 Å². The number of amides is 1. The van der Waals surface area contributed by atoms with E-state index in [1.807, 2.05) is 25.1 Å². The van der Waals surface area contributed by atoms with Crippen LogP contribution in [0.2, 0.25) is 0 Å². The van der Waals surface area contributed by atoms with Crippen LogP contribution in [0.4, 0.5) is 0 Å². The Hall–Kier alpha value is -1.84. The van der Waals surface area contributed by atoms with E-state index in [0.717, 1.165) is 12.0 Å². The van der Waals surface area contributed by atoms with E-state index in [4.69, 9.17) is 5.11 Å². The molecule has 1 atom stereocenters.